The van der Waals surface area contributed by atoms with E-state index in [4.69, 9.17) is 14.6 Å². The number of carbonyl (C=O) groups is 1. The van der Waals surface area contributed by atoms with Gasteiger partial charge in [0, 0.05) is 23.7 Å². The Kier molecular flexibility index (Phi) is 8.23. The summed E-state index contributed by atoms with van der Waals surface area (Å²) in [6.45, 7) is 4.71. The predicted octanol–water partition coefficient (Wildman–Crippen LogP) is 0.160. The van der Waals surface area contributed by atoms with Crippen LogP contribution in [-0.4, -0.2) is 98.6 Å². The van der Waals surface area contributed by atoms with E-state index in [1.807, 2.05) is 18.2 Å². The van der Waals surface area contributed by atoms with E-state index >= 15 is 0 Å². The average Bonchev–Trinajstić information content (AvgIpc) is 2.93. The van der Waals surface area contributed by atoms with E-state index in [0.717, 1.165) is 31.3 Å². The standard InChI is InChI=1S/C26H34N2O8/c1-3-14-12-28-9-7-15(14)10-20(28)25(36-26(34)24(33)23(32)22(31)21(30)13-29)17-6-8-27-19-5-4-16(35-2)11-18(17)19/h3-6,8,11,14-15,20-25,29-33H,1,7,9-10,12-13H2,2H3/t14-,15-,20+,21-,22-,23+,24-,25-/m1/s1. The Hall–Kier alpha value is -2.60. The average molecular weight is 503 g/mol. The van der Waals surface area contributed by atoms with Gasteiger partial charge in [-0.3, -0.25) is 9.88 Å². The van der Waals surface area contributed by atoms with Crippen molar-refractivity contribution in [2.24, 2.45) is 11.8 Å². The first-order chi connectivity index (χ1) is 17.3. The number of aromatic nitrogens is 1. The summed E-state index contributed by atoms with van der Waals surface area (Å²) in [5.41, 5.74) is 1.36. The molecule has 3 aliphatic heterocycles. The van der Waals surface area contributed by atoms with Crippen LogP contribution < -0.4 is 4.74 Å². The second-order valence-corrected chi connectivity index (χ2v) is 9.56. The number of ether oxygens (including phenoxy) is 2. The molecule has 0 spiro atoms. The van der Waals surface area contributed by atoms with E-state index in [9.17, 15) is 25.2 Å². The van der Waals surface area contributed by atoms with Gasteiger partial charge in [-0.05, 0) is 55.5 Å². The van der Waals surface area contributed by atoms with Crippen molar-refractivity contribution >= 4 is 16.9 Å². The zero-order valence-electron chi connectivity index (χ0n) is 20.2. The van der Waals surface area contributed by atoms with Gasteiger partial charge >= 0.3 is 5.97 Å². The fraction of sp³-hybridized carbons (Fsp3) is 0.538. The minimum atomic E-state index is -2.14. The smallest absolute Gasteiger partial charge is 0.338 e. The molecular formula is C26H34N2O8. The monoisotopic (exact) mass is 502 g/mol. The molecule has 3 fully saturated rings. The third-order valence-corrected chi connectivity index (χ3v) is 7.53. The lowest BCUT2D eigenvalue weighted by atomic mass is 9.73. The van der Waals surface area contributed by atoms with E-state index in [1.54, 1.807) is 25.4 Å². The Bertz CT molecular complexity index is 1080. The summed E-state index contributed by atoms with van der Waals surface area (Å²) < 4.78 is 11.3. The summed E-state index contributed by atoms with van der Waals surface area (Å²) >= 11 is 0. The maximum absolute atomic E-state index is 13.0. The number of hydrogen-bond acceptors (Lipinski definition) is 10. The number of aliphatic hydroxyl groups excluding tert-OH is 5. The summed E-state index contributed by atoms with van der Waals surface area (Å²) in [7, 11) is 1.56. The van der Waals surface area contributed by atoms with Crippen molar-refractivity contribution in [1.29, 1.82) is 0 Å². The largest absolute Gasteiger partial charge is 0.497 e. The highest BCUT2D eigenvalue weighted by Gasteiger charge is 2.45. The third-order valence-electron chi connectivity index (χ3n) is 7.53. The molecule has 1 aromatic carbocycles. The van der Waals surface area contributed by atoms with Crippen molar-refractivity contribution in [2.45, 2.75) is 49.4 Å². The van der Waals surface area contributed by atoms with Crippen LogP contribution in [-0.2, 0) is 9.53 Å². The Morgan fingerprint density at radius 2 is 2.03 bits per heavy atom. The molecule has 3 saturated heterocycles. The van der Waals surface area contributed by atoms with Gasteiger partial charge in [-0.1, -0.05) is 6.08 Å². The van der Waals surface area contributed by atoms with Gasteiger partial charge in [-0.15, -0.1) is 6.58 Å². The van der Waals surface area contributed by atoms with Gasteiger partial charge in [0.25, 0.3) is 0 Å². The van der Waals surface area contributed by atoms with Gasteiger partial charge in [0.1, 0.15) is 30.2 Å². The van der Waals surface area contributed by atoms with Gasteiger partial charge in [0.05, 0.1) is 25.3 Å². The Balaban J connectivity index is 1.69. The molecule has 2 aromatic rings. The fourth-order valence-corrected chi connectivity index (χ4v) is 5.42. The number of benzene rings is 1. The maximum atomic E-state index is 13.0. The first-order valence-corrected chi connectivity index (χ1v) is 12.1. The molecule has 4 heterocycles. The molecule has 36 heavy (non-hydrogen) atoms. The molecule has 3 aliphatic rings. The molecule has 0 amide bonds. The van der Waals surface area contributed by atoms with Crippen molar-refractivity contribution in [3.05, 3.63) is 48.7 Å². The van der Waals surface area contributed by atoms with E-state index in [-0.39, 0.29) is 6.04 Å². The lowest BCUT2D eigenvalue weighted by molar-refractivity contribution is -0.181. The lowest BCUT2D eigenvalue weighted by Gasteiger charge is -2.51. The number of methoxy groups -OCH3 is 1. The molecule has 9 atom stereocenters. The fourth-order valence-electron chi connectivity index (χ4n) is 5.42. The zero-order chi connectivity index (χ0) is 26.0. The van der Waals surface area contributed by atoms with Crippen LogP contribution in [0.25, 0.3) is 10.9 Å². The van der Waals surface area contributed by atoms with Crippen LogP contribution in [0.2, 0.25) is 0 Å². The number of aliphatic hydroxyl groups is 5. The van der Waals surface area contributed by atoms with Crippen LogP contribution in [0.5, 0.6) is 5.75 Å². The van der Waals surface area contributed by atoms with Crippen LogP contribution in [0.1, 0.15) is 24.5 Å². The number of hydrogen-bond donors (Lipinski definition) is 5. The highest BCUT2D eigenvalue weighted by atomic mass is 16.6. The molecule has 2 bridgehead atoms. The Morgan fingerprint density at radius 3 is 2.67 bits per heavy atom. The van der Waals surface area contributed by atoms with Gasteiger partial charge in [-0.25, -0.2) is 4.79 Å². The van der Waals surface area contributed by atoms with Crippen molar-refractivity contribution in [3.8, 4) is 5.75 Å². The van der Waals surface area contributed by atoms with Gasteiger partial charge in [0.2, 0.25) is 0 Å². The van der Waals surface area contributed by atoms with Gasteiger partial charge in [-0.2, -0.15) is 0 Å². The topological polar surface area (TPSA) is 153 Å². The lowest BCUT2D eigenvalue weighted by Crippen LogP contribution is -2.56. The molecule has 1 aromatic heterocycles. The molecule has 5 N–H and O–H groups in total. The SMILES string of the molecule is C=C[C@@H]1CN2CC[C@@H]1C[C@H]2[C@H](OC(=O)[C@H](O)[C@@H](O)[C@H](O)[C@H](O)CO)c1ccnc2ccc(OC)cc12. The molecule has 1 unspecified atom stereocenters. The summed E-state index contributed by atoms with van der Waals surface area (Å²) in [5.74, 6) is 0.171. The zero-order valence-corrected chi connectivity index (χ0v) is 20.2. The molecule has 0 saturated carbocycles. The van der Waals surface area contributed by atoms with E-state index in [0.29, 0.717) is 28.7 Å². The normalized spacial score (nSPS) is 27.6. The molecule has 0 aliphatic carbocycles. The number of nitrogens with zero attached hydrogens (tertiary/aromatic N) is 2. The quantitative estimate of drug-likeness (QED) is 0.224. The molecule has 196 valence electrons. The van der Waals surface area contributed by atoms with Crippen molar-refractivity contribution in [3.63, 3.8) is 0 Å². The molecule has 5 rings (SSSR count). The Labute approximate surface area is 209 Å². The summed E-state index contributed by atoms with van der Waals surface area (Å²) in [5, 5.41) is 50.1. The highest BCUT2D eigenvalue weighted by Crippen LogP contribution is 2.43. The summed E-state index contributed by atoms with van der Waals surface area (Å²) in [4.78, 5) is 19.7. The molecule has 0 radical (unpaired) electrons. The van der Waals surface area contributed by atoms with Gasteiger partial charge in [0.15, 0.2) is 6.10 Å². The number of pyridine rings is 1. The molecule has 10 heteroatoms. The summed E-state index contributed by atoms with van der Waals surface area (Å²) in [6.07, 6.45) is -3.33. The first kappa shape index (κ1) is 26.5. The minimum absolute atomic E-state index is 0.196. The molecular weight excluding hydrogens is 468 g/mol. The third kappa shape index (κ3) is 5.10. The number of fused-ring (bicyclic) bond motifs is 4. The van der Waals surface area contributed by atoms with E-state index in [1.165, 1.54) is 0 Å². The number of rotatable bonds is 10. The predicted molar refractivity (Wildman–Crippen MR) is 130 cm³/mol. The van der Waals surface area contributed by atoms with Crippen LogP contribution in [0.4, 0.5) is 0 Å². The number of piperidine rings is 3. The van der Waals surface area contributed by atoms with Gasteiger partial charge < -0.3 is 35.0 Å². The molecule has 10 nitrogen and oxygen atoms in total. The van der Waals surface area contributed by atoms with Crippen molar-refractivity contribution < 1.29 is 39.8 Å². The second kappa shape index (κ2) is 11.2. The number of esters is 1. The maximum Gasteiger partial charge on any atom is 0.338 e. The van der Waals surface area contributed by atoms with Crippen molar-refractivity contribution in [1.82, 2.24) is 9.88 Å². The second-order valence-electron chi connectivity index (χ2n) is 9.56. The number of carbonyl (C=O) groups excluding carboxylic acids is 1. The van der Waals surface area contributed by atoms with Crippen LogP contribution in [0.3, 0.4) is 0 Å². The van der Waals surface area contributed by atoms with E-state index in [2.05, 4.69) is 16.5 Å². The van der Waals surface area contributed by atoms with E-state index < -0.39 is 43.1 Å². The minimum Gasteiger partial charge on any atom is -0.497 e. The first-order valence-electron chi connectivity index (χ1n) is 12.1. The van der Waals surface area contributed by atoms with Crippen LogP contribution in [0.15, 0.2) is 43.1 Å². The van der Waals surface area contributed by atoms with Crippen LogP contribution >= 0.6 is 0 Å². The van der Waals surface area contributed by atoms with Crippen LogP contribution in [0, 0.1) is 11.8 Å². The Morgan fingerprint density at radius 1 is 1.25 bits per heavy atom. The highest BCUT2D eigenvalue weighted by molar-refractivity contribution is 5.84. The van der Waals surface area contributed by atoms with Crippen molar-refractivity contribution in [2.75, 3.05) is 26.8 Å². The summed E-state index contributed by atoms with van der Waals surface area (Å²) in [6, 6.07) is 6.98.